The molecular weight excluding hydrogens is 432 g/mol. The van der Waals surface area contributed by atoms with Gasteiger partial charge in [0.1, 0.15) is 18.2 Å². The number of nitrogens with zero attached hydrogens (tertiary/aromatic N) is 4. The zero-order valence-corrected chi connectivity index (χ0v) is 18.5. The summed E-state index contributed by atoms with van der Waals surface area (Å²) in [4.78, 5) is 39.2. The second-order valence-corrected chi connectivity index (χ2v) is 7.87. The van der Waals surface area contributed by atoms with E-state index < -0.39 is 0 Å². The molecule has 5 rings (SSSR count). The first-order valence-electron chi connectivity index (χ1n) is 10.8. The molecule has 0 spiro atoms. The summed E-state index contributed by atoms with van der Waals surface area (Å²) >= 11 is 0. The number of amides is 1. The predicted octanol–water partition coefficient (Wildman–Crippen LogP) is 4.01. The summed E-state index contributed by atoms with van der Waals surface area (Å²) in [5.74, 6) is 0.918. The number of carbonyl (C=O) groups excluding carboxylic acids is 2. The highest BCUT2D eigenvalue weighted by Crippen LogP contribution is 2.35. The fourth-order valence-electron chi connectivity index (χ4n) is 3.88. The number of fused-ring (bicyclic) bond motifs is 2. The number of nitrogens with one attached hydrogen (secondary N) is 2. The monoisotopic (exact) mass is 454 g/mol. The first-order chi connectivity index (χ1) is 16.5. The molecule has 0 saturated heterocycles. The van der Waals surface area contributed by atoms with Crippen LogP contribution in [0.5, 0.6) is 5.75 Å². The quantitative estimate of drug-likeness (QED) is 0.428. The summed E-state index contributed by atoms with van der Waals surface area (Å²) in [7, 11) is 0. The van der Waals surface area contributed by atoms with Gasteiger partial charge in [-0.15, -0.1) is 0 Å². The van der Waals surface area contributed by atoms with Crippen molar-refractivity contribution >= 4 is 46.7 Å². The molecule has 0 unspecified atom stereocenters. The molecule has 3 heterocycles. The van der Waals surface area contributed by atoms with Crippen LogP contribution < -0.4 is 20.3 Å². The number of hydrogen-bond donors (Lipinski definition) is 2. The van der Waals surface area contributed by atoms with Crippen molar-refractivity contribution in [2.45, 2.75) is 13.5 Å². The van der Waals surface area contributed by atoms with Crippen LogP contribution in [0.1, 0.15) is 28.4 Å². The number of Topliss-reactive ketones (excluding diaryl/α,β-unsaturated/α-hetero) is 1. The molecule has 9 heteroatoms. The minimum absolute atomic E-state index is 0.173. The summed E-state index contributed by atoms with van der Waals surface area (Å²) < 4.78 is 5.68. The molecule has 1 aromatic heterocycles. The van der Waals surface area contributed by atoms with Crippen LogP contribution in [0.2, 0.25) is 0 Å². The van der Waals surface area contributed by atoms with Crippen molar-refractivity contribution in [2.24, 2.45) is 4.99 Å². The van der Waals surface area contributed by atoms with Gasteiger partial charge in [0, 0.05) is 23.8 Å². The van der Waals surface area contributed by atoms with Crippen molar-refractivity contribution in [3.05, 3.63) is 71.9 Å². The highest BCUT2D eigenvalue weighted by molar-refractivity contribution is 6.03. The van der Waals surface area contributed by atoms with Crippen LogP contribution >= 0.6 is 0 Å². The van der Waals surface area contributed by atoms with Gasteiger partial charge in [-0.3, -0.25) is 14.6 Å². The number of aromatic nitrogens is 2. The van der Waals surface area contributed by atoms with Gasteiger partial charge in [-0.05, 0) is 54.5 Å². The third-order valence-electron chi connectivity index (χ3n) is 5.58. The molecule has 2 aliphatic heterocycles. The van der Waals surface area contributed by atoms with E-state index in [4.69, 9.17) is 4.74 Å². The Bertz CT molecular complexity index is 1350. The van der Waals surface area contributed by atoms with Crippen LogP contribution in [0.15, 0.2) is 60.2 Å². The summed E-state index contributed by atoms with van der Waals surface area (Å²) in [6.07, 6.45) is 4.62. The largest absolute Gasteiger partial charge is 0.490 e. The Kier molecular flexibility index (Phi) is 5.51. The molecule has 34 heavy (non-hydrogen) atoms. The number of ether oxygens (including phenoxy) is 1. The second kappa shape index (κ2) is 8.78. The van der Waals surface area contributed by atoms with Crippen LogP contribution in [-0.2, 0) is 11.3 Å². The molecule has 9 nitrogen and oxygen atoms in total. The van der Waals surface area contributed by atoms with Gasteiger partial charge < -0.3 is 20.3 Å². The molecule has 0 atom stereocenters. The van der Waals surface area contributed by atoms with Crippen molar-refractivity contribution in [3.8, 4) is 5.75 Å². The van der Waals surface area contributed by atoms with Gasteiger partial charge >= 0.3 is 0 Å². The lowest BCUT2D eigenvalue weighted by Gasteiger charge is -2.29. The minimum atomic E-state index is -0.209. The van der Waals surface area contributed by atoms with E-state index in [2.05, 4.69) is 32.2 Å². The van der Waals surface area contributed by atoms with E-state index in [9.17, 15) is 9.59 Å². The van der Waals surface area contributed by atoms with Gasteiger partial charge in [0.15, 0.2) is 5.78 Å². The molecule has 2 N–H and O–H groups in total. The Morgan fingerprint density at radius 2 is 1.97 bits per heavy atom. The summed E-state index contributed by atoms with van der Waals surface area (Å²) in [5.41, 5.74) is 4.67. The number of rotatable bonds is 6. The normalized spacial score (nSPS) is 13.5. The lowest BCUT2D eigenvalue weighted by Crippen LogP contribution is -2.36. The number of benzene rings is 2. The van der Waals surface area contributed by atoms with Crippen LogP contribution in [0.4, 0.5) is 28.8 Å². The summed E-state index contributed by atoms with van der Waals surface area (Å²) in [6, 6.07) is 11.3. The maximum Gasteiger partial charge on any atom is 0.250 e. The van der Waals surface area contributed by atoms with Crippen molar-refractivity contribution in [1.29, 1.82) is 0 Å². The van der Waals surface area contributed by atoms with Crippen LogP contribution in [0.3, 0.4) is 0 Å². The maximum atomic E-state index is 12.3. The lowest BCUT2D eigenvalue weighted by atomic mass is 10.1. The van der Waals surface area contributed by atoms with E-state index >= 15 is 0 Å². The third kappa shape index (κ3) is 4.11. The number of hydrogen-bond acceptors (Lipinski definition) is 8. The Morgan fingerprint density at radius 1 is 1.15 bits per heavy atom. The predicted molar refractivity (Wildman–Crippen MR) is 131 cm³/mol. The topological polar surface area (TPSA) is 109 Å². The number of ketones is 1. The van der Waals surface area contributed by atoms with E-state index in [0.717, 1.165) is 16.8 Å². The van der Waals surface area contributed by atoms with Crippen molar-refractivity contribution in [1.82, 2.24) is 9.97 Å². The second-order valence-electron chi connectivity index (χ2n) is 7.87. The molecule has 0 radical (unpaired) electrons. The molecule has 0 saturated carbocycles. The minimum Gasteiger partial charge on any atom is -0.490 e. The Labute approximate surface area is 196 Å². The third-order valence-corrected chi connectivity index (χ3v) is 5.58. The maximum absolute atomic E-state index is 12.3. The van der Waals surface area contributed by atoms with Gasteiger partial charge in [-0.2, -0.15) is 4.98 Å². The summed E-state index contributed by atoms with van der Waals surface area (Å²) in [6.45, 7) is 6.52. The average molecular weight is 454 g/mol. The average Bonchev–Trinajstić information content (AvgIpc) is 3.31. The first-order valence-corrected chi connectivity index (χ1v) is 10.8. The van der Waals surface area contributed by atoms with Crippen LogP contribution in [0, 0.1) is 0 Å². The Morgan fingerprint density at radius 3 is 2.79 bits per heavy atom. The molecule has 2 aliphatic rings. The molecule has 0 bridgehead atoms. The number of carbonyl (C=O) groups is 2. The van der Waals surface area contributed by atoms with Crippen molar-refractivity contribution in [3.63, 3.8) is 0 Å². The molecule has 3 aromatic rings. The van der Waals surface area contributed by atoms with Gasteiger partial charge in [-0.25, -0.2) is 4.98 Å². The lowest BCUT2D eigenvalue weighted by molar-refractivity contribution is -0.114. The zero-order chi connectivity index (χ0) is 23.7. The van der Waals surface area contributed by atoms with E-state index in [1.165, 1.54) is 19.2 Å². The van der Waals surface area contributed by atoms with Gasteiger partial charge in [0.05, 0.1) is 24.3 Å². The van der Waals surface area contributed by atoms with Gasteiger partial charge in [-0.1, -0.05) is 12.6 Å². The zero-order valence-electron chi connectivity index (χ0n) is 18.5. The standard InChI is InChI=1S/C25H22N6O3/c1-3-23(33)31-8-9-34-22-7-6-19(11-21(22)31)28-24-20(15(2)32)14-27-25(30-24)29-18-5-4-16-12-26-13-17(16)10-18/h3-7,10-12,14H,1,8-9,13H2,2H3,(H2,27,28,29,30). The Balaban J connectivity index is 1.44. The Hall–Kier alpha value is -4.53. The van der Waals surface area contributed by atoms with Crippen molar-refractivity contribution < 1.29 is 14.3 Å². The number of aliphatic imine (C=N–C) groups is 1. The van der Waals surface area contributed by atoms with Gasteiger partial charge in [0.25, 0.3) is 5.91 Å². The molecule has 0 fully saturated rings. The molecule has 2 aromatic carbocycles. The molecule has 0 aliphatic carbocycles. The fraction of sp³-hybridized carbons (Fsp3) is 0.160. The molecule has 170 valence electrons. The highest BCUT2D eigenvalue weighted by atomic mass is 16.5. The smallest absolute Gasteiger partial charge is 0.250 e. The molecular formula is C25H22N6O3. The van der Waals surface area contributed by atoms with Crippen molar-refractivity contribution in [2.75, 3.05) is 28.7 Å². The van der Waals surface area contributed by atoms with E-state index in [0.29, 0.717) is 54.2 Å². The van der Waals surface area contributed by atoms with E-state index in [-0.39, 0.29) is 11.7 Å². The highest BCUT2D eigenvalue weighted by Gasteiger charge is 2.23. The van der Waals surface area contributed by atoms with Crippen LogP contribution in [0.25, 0.3) is 0 Å². The molecule has 1 amide bonds. The number of anilines is 5. The van der Waals surface area contributed by atoms with E-state index in [1.807, 2.05) is 24.4 Å². The van der Waals surface area contributed by atoms with Crippen LogP contribution in [-0.4, -0.2) is 41.0 Å². The van der Waals surface area contributed by atoms with Gasteiger partial charge in [0.2, 0.25) is 5.95 Å². The SMILES string of the molecule is C=CC(=O)N1CCOc2ccc(Nc3nc(Nc4ccc5c(c4)CN=C5)ncc3C(C)=O)cc21. The first kappa shape index (κ1) is 21.3. The fourth-order valence-corrected chi connectivity index (χ4v) is 3.88. The summed E-state index contributed by atoms with van der Waals surface area (Å²) in [5, 5.41) is 6.39. The van der Waals surface area contributed by atoms with E-state index in [1.54, 1.807) is 23.1 Å².